The van der Waals surface area contributed by atoms with E-state index in [-0.39, 0.29) is 6.61 Å². The number of hydrogen-bond donors (Lipinski definition) is 0. The lowest BCUT2D eigenvalue weighted by atomic mass is 10.1. The molecule has 1 aliphatic heterocycles. The van der Waals surface area contributed by atoms with Crippen LogP contribution >= 0.6 is 15.2 Å². The van der Waals surface area contributed by atoms with Crippen molar-refractivity contribution in [3.63, 3.8) is 0 Å². The van der Waals surface area contributed by atoms with Crippen LogP contribution in [0.5, 0.6) is 0 Å². The number of hydrogen-bond acceptors (Lipinski definition) is 6. The normalized spacial score (nSPS) is 25.4. The summed E-state index contributed by atoms with van der Waals surface area (Å²) in [4.78, 5) is 0. The number of unbranched alkanes of at least 4 members (excludes halogenated alkanes) is 10. The van der Waals surface area contributed by atoms with Gasteiger partial charge in [0, 0.05) is 6.42 Å². The fourth-order valence-electron chi connectivity index (χ4n) is 4.28. The van der Waals surface area contributed by atoms with Crippen molar-refractivity contribution in [3.8, 4) is 0 Å². The van der Waals surface area contributed by atoms with Crippen LogP contribution in [0.3, 0.4) is 0 Å². The summed E-state index contributed by atoms with van der Waals surface area (Å²) in [7, 11) is -7.10. The van der Waals surface area contributed by atoms with Crippen molar-refractivity contribution in [1.29, 1.82) is 0 Å². The third-order valence-corrected chi connectivity index (χ3v) is 11.7. The Morgan fingerprint density at radius 1 is 0.781 bits per heavy atom. The first kappa shape index (κ1) is 30.3. The molecule has 2 unspecified atom stereocenters. The summed E-state index contributed by atoms with van der Waals surface area (Å²) in [5.74, 6) is 0. The molecule has 0 aromatic carbocycles. The Kier molecular flexibility index (Phi) is 13.9. The molecule has 1 fully saturated rings. The van der Waals surface area contributed by atoms with Crippen LogP contribution in [-0.4, -0.2) is 30.3 Å². The van der Waals surface area contributed by atoms with Gasteiger partial charge in [-0.05, 0) is 40.5 Å². The Labute approximate surface area is 198 Å². The molecule has 0 aromatic heterocycles. The molecule has 1 aliphatic rings. The van der Waals surface area contributed by atoms with Crippen molar-refractivity contribution in [3.05, 3.63) is 0 Å². The van der Waals surface area contributed by atoms with Crippen molar-refractivity contribution in [2.75, 3.05) is 19.8 Å². The molecule has 0 spiro atoms. The molecule has 1 rings (SSSR count). The van der Waals surface area contributed by atoms with E-state index < -0.39 is 25.7 Å². The lowest BCUT2D eigenvalue weighted by molar-refractivity contribution is 0.0945. The zero-order chi connectivity index (χ0) is 24.1. The third kappa shape index (κ3) is 8.82. The molecule has 6 nitrogen and oxygen atoms in total. The average molecular weight is 497 g/mol. The van der Waals surface area contributed by atoms with Crippen molar-refractivity contribution in [1.82, 2.24) is 0 Å². The maximum absolute atomic E-state index is 14.0. The zero-order valence-corrected chi connectivity index (χ0v) is 23.4. The summed E-state index contributed by atoms with van der Waals surface area (Å²) in [5, 5.41) is -2.02. The SMILES string of the molecule is CCCCCCCCOP(=O)(OCCCCCCCC)C1(C)CC(C)(C)P(=O)(OCC)O1. The maximum atomic E-state index is 14.0. The molecule has 32 heavy (non-hydrogen) atoms. The molecule has 0 aliphatic carbocycles. The van der Waals surface area contributed by atoms with Gasteiger partial charge in [-0.2, -0.15) is 0 Å². The minimum atomic E-state index is -3.66. The first-order valence-corrected chi connectivity index (χ1v) is 16.0. The predicted octanol–water partition coefficient (Wildman–Crippen LogP) is 9.08. The molecule has 0 bridgehead atoms. The highest BCUT2D eigenvalue weighted by atomic mass is 31.2. The van der Waals surface area contributed by atoms with Gasteiger partial charge in [-0.1, -0.05) is 78.1 Å². The van der Waals surface area contributed by atoms with Crippen LogP contribution in [0, 0.1) is 0 Å². The lowest BCUT2D eigenvalue weighted by Crippen LogP contribution is -2.29. The molecule has 0 aromatic rings. The van der Waals surface area contributed by atoms with E-state index in [2.05, 4.69) is 13.8 Å². The average Bonchev–Trinajstić information content (AvgIpc) is 2.91. The van der Waals surface area contributed by atoms with Crippen LogP contribution in [0.15, 0.2) is 0 Å². The van der Waals surface area contributed by atoms with E-state index in [4.69, 9.17) is 18.1 Å². The summed E-state index contributed by atoms with van der Waals surface area (Å²) >= 11 is 0. The highest BCUT2D eigenvalue weighted by molar-refractivity contribution is 7.60. The lowest BCUT2D eigenvalue weighted by Gasteiger charge is -2.32. The van der Waals surface area contributed by atoms with Crippen molar-refractivity contribution >= 4 is 15.2 Å². The minimum absolute atomic E-state index is 0.276. The van der Waals surface area contributed by atoms with E-state index in [0.29, 0.717) is 19.6 Å². The molecule has 2 atom stereocenters. The zero-order valence-electron chi connectivity index (χ0n) is 21.7. The van der Waals surface area contributed by atoms with Gasteiger partial charge in [-0.3, -0.25) is 13.7 Å². The molecule has 0 N–H and O–H groups in total. The van der Waals surface area contributed by atoms with Gasteiger partial charge in [-0.25, -0.2) is 0 Å². The van der Waals surface area contributed by atoms with Gasteiger partial charge in [0.15, 0.2) is 5.34 Å². The van der Waals surface area contributed by atoms with Crippen molar-refractivity contribution in [2.24, 2.45) is 0 Å². The summed E-state index contributed by atoms with van der Waals surface area (Å²) in [6.07, 6.45) is 13.7. The van der Waals surface area contributed by atoms with Gasteiger partial charge >= 0.3 is 15.2 Å². The summed E-state index contributed by atoms with van der Waals surface area (Å²) < 4.78 is 50.9. The maximum Gasteiger partial charge on any atom is 0.362 e. The topological polar surface area (TPSA) is 71.1 Å². The largest absolute Gasteiger partial charge is 0.362 e. The van der Waals surface area contributed by atoms with Crippen LogP contribution in [0.4, 0.5) is 0 Å². The van der Waals surface area contributed by atoms with Gasteiger partial charge in [0.1, 0.15) is 0 Å². The van der Waals surface area contributed by atoms with E-state index >= 15 is 0 Å². The third-order valence-electron chi connectivity index (χ3n) is 6.22. The van der Waals surface area contributed by atoms with Crippen LogP contribution in [0.1, 0.15) is 125 Å². The Morgan fingerprint density at radius 3 is 1.66 bits per heavy atom. The minimum Gasteiger partial charge on any atom is -0.308 e. The summed E-state index contributed by atoms with van der Waals surface area (Å²) in [5.41, 5.74) is 0. The monoisotopic (exact) mass is 496 g/mol. The predicted molar refractivity (Wildman–Crippen MR) is 134 cm³/mol. The molecule has 1 heterocycles. The Bertz CT molecular complexity index is 587. The van der Waals surface area contributed by atoms with E-state index in [1.165, 1.54) is 38.5 Å². The first-order chi connectivity index (χ1) is 15.1. The first-order valence-electron chi connectivity index (χ1n) is 12.9. The Morgan fingerprint density at radius 2 is 1.22 bits per heavy atom. The van der Waals surface area contributed by atoms with Gasteiger partial charge < -0.3 is 13.6 Å². The second-order valence-electron chi connectivity index (χ2n) is 9.87. The molecule has 1 saturated heterocycles. The molecule has 0 saturated carbocycles. The molecular weight excluding hydrogens is 446 g/mol. The summed E-state index contributed by atoms with van der Waals surface area (Å²) in [6.45, 7) is 12.6. The van der Waals surface area contributed by atoms with Crippen LogP contribution in [-0.2, 0) is 27.2 Å². The van der Waals surface area contributed by atoms with Crippen LogP contribution in [0.2, 0.25) is 0 Å². The highest BCUT2D eigenvalue weighted by Crippen LogP contribution is 2.79. The van der Waals surface area contributed by atoms with Crippen molar-refractivity contribution in [2.45, 2.75) is 136 Å². The molecule has 8 heteroatoms. The van der Waals surface area contributed by atoms with Gasteiger partial charge in [0.05, 0.1) is 25.0 Å². The fraction of sp³-hybridized carbons (Fsp3) is 1.00. The number of rotatable bonds is 19. The smallest absolute Gasteiger partial charge is 0.308 e. The molecule has 192 valence electrons. The van der Waals surface area contributed by atoms with Gasteiger partial charge in [-0.15, -0.1) is 0 Å². The quantitative estimate of drug-likeness (QED) is 0.131. The highest BCUT2D eigenvalue weighted by Gasteiger charge is 2.66. The fourth-order valence-corrected chi connectivity index (χ4v) is 9.14. The van der Waals surface area contributed by atoms with Crippen LogP contribution in [0.25, 0.3) is 0 Å². The van der Waals surface area contributed by atoms with E-state index in [1.54, 1.807) is 13.8 Å². The van der Waals surface area contributed by atoms with Crippen LogP contribution < -0.4 is 0 Å². The standard InChI is InChI=1S/C24H50O6P2/c1-7-10-12-14-16-18-20-28-32(26,29-21-19-17-15-13-11-8-2)24(6)22-23(4,5)31(25,30-24)27-9-3/h7-22H2,1-6H3. The Balaban J connectivity index is 2.78. The van der Waals surface area contributed by atoms with Crippen molar-refractivity contribution < 1.29 is 27.2 Å². The van der Waals surface area contributed by atoms with E-state index in [0.717, 1.165) is 38.5 Å². The second kappa shape index (κ2) is 14.6. The molecule has 0 radical (unpaired) electrons. The Hall–Kier alpha value is 0.300. The summed E-state index contributed by atoms with van der Waals surface area (Å²) in [6, 6.07) is 0. The molecule has 0 amide bonds. The van der Waals surface area contributed by atoms with E-state index in [9.17, 15) is 9.13 Å². The van der Waals surface area contributed by atoms with E-state index in [1.807, 2.05) is 13.8 Å². The van der Waals surface area contributed by atoms with Gasteiger partial charge in [0.2, 0.25) is 0 Å². The second-order valence-corrected chi connectivity index (χ2v) is 15.0. The molecular formula is C24H50O6P2. The van der Waals surface area contributed by atoms with Gasteiger partial charge in [0.25, 0.3) is 0 Å².